The zero-order valence-corrected chi connectivity index (χ0v) is 8.50. The van der Waals surface area contributed by atoms with Gasteiger partial charge >= 0.3 is 0 Å². The van der Waals surface area contributed by atoms with E-state index in [2.05, 4.69) is 0 Å². The topological polar surface area (TPSA) is 72.6 Å². The third kappa shape index (κ3) is 1.25. The minimum absolute atomic E-state index is 0.0803. The van der Waals surface area contributed by atoms with Crippen molar-refractivity contribution in [3.05, 3.63) is 39.4 Å². The normalized spacial score (nSPS) is 31.2. The Balaban J connectivity index is 2.09. The van der Waals surface area contributed by atoms with E-state index in [-0.39, 0.29) is 17.9 Å². The molecule has 3 atom stereocenters. The fourth-order valence-corrected chi connectivity index (χ4v) is 2.53. The summed E-state index contributed by atoms with van der Waals surface area (Å²) in [7, 11) is 0. The van der Waals surface area contributed by atoms with E-state index in [0.29, 0.717) is 6.42 Å². The number of fused-ring (bicyclic) bond motifs is 5. The average molecular weight is 221 g/mol. The van der Waals surface area contributed by atoms with Crippen LogP contribution in [-0.2, 0) is 4.74 Å². The van der Waals surface area contributed by atoms with Gasteiger partial charge in [0.15, 0.2) is 0 Å². The highest BCUT2D eigenvalue weighted by Crippen LogP contribution is 2.48. The molecule has 0 amide bonds. The maximum atomic E-state index is 10.7. The number of rotatable bonds is 1. The number of non-ortho nitro benzene ring substituents is 1. The number of aliphatic hydroxyl groups excluding tert-OH is 1. The standard InChI is InChI=1S/C11H11NO4/c13-9-3-4-10-8-5-6(12(14)15)1-2-7(8)11(9)16-10/h1-2,5,9-11,13H,3-4H2/t9-,10-,11-/m0/s1. The monoisotopic (exact) mass is 221 g/mol. The third-order valence-electron chi connectivity index (χ3n) is 3.32. The predicted molar refractivity (Wildman–Crippen MR) is 54.9 cm³/mol. The summed E-state index contributed by atoms with van der Waals surface area (Å²) in [6.45, 7) is 0. The van der Waals surface area contributed by atoms with Gasteiger partial charge < -0.3 is 9.84 Å². The number of nitro benzene ring substituents is 1. The zero-order valence-electron chi connectivity index (χ0n) is 8.50. The van der Waals surface area contributed by atoms with Crippen LogP contribution < -0.4 is 0 Å². The van der Waals surface area contributed by atoms with E-state index >= 15 is 0 Å². The van der Waals surface area contributed by atoms with E-state index in [1.807, 2.05) is 0 Å². The molecule has 84 valence electrons. The predicted octanol–water partition coefficient (Wildman–Crippen LogP) is 1.86. The number of nitro groups is 1. The molecular weight excluding hydrogens is 210 g/mol. The molecule has 0 aliphatic carbocycles. The summed E-state index contributed by atoms with van der Waals surface area (Å²) in [6.07, 6.45) is 0.556. The fraction of sp³-hybridized carbons (Fsp3) is 0.455. The van der Waals surface area contributed by atoms with Crippen molar-refractivity contribution in [2.24, 2.45) is 0 Å². The summed E-state index contributed by atoms with van der Waals surface area (Å²) in [6, 6.07) is 4.74. The molecule has 2 aliphatic heterocycles. The Morgan fingerprint density at radius 1 is 1.38 bits per heavy atom. The van der Waals surface area contributed by atoms with Crippen LogP contribution in [0.15, 0.2) is 18.2 Å². The van der Waals surface area contributed by atoms with Gasteiger partial charge in [0.05, 0.1) is 17.1 Å². The molecule has 16 heavy (non-hydrogen) atoms. The summed E-state index contributed by atoms with van der Waals surface area (Å²) in [5.41, 5.74) is 1.86. The quantitative estimate of drug-likeness (QED) is 0.580. The van der Waals surface area contributed by atoms with Crippen LogP contribution in [-0.4, -0.2) is 16.1 Å². The molecule has 2 aliphatic rings. The van der Waals surface area contributed by atoms with Gasteiger partial charge in [0.2, 0.25) is 0 Å². The number of ether oxygens (including phenoxy) is 1. The van der Waals surface area contributed by atoms with Crippen molar-refractivity contribution in [3.8, 4) is 0 Å². The lowest BCUT2D eigenvalue weighted by atomic mass is 10.0. The van der Waals surface area contributed by atoms with Crippen LogP contribution in [0.2, 0.25) is 0 Å². The van der Waals surface area contributed by atoms with Crippen LogP contribution in [0, 0.1) is 10.1 Å². The molecule has 1 N–H and O–H groups in total. The number of nitrogens with zero attached hydrogens (tertiary/aromatic N) is 1. The lowest BCUT2D eigenvalue weighted by Crippen LogP contribution is -2.22. The average Bonchev–Trinajstić information content (AvgIpc) is 2.58. The largest absolute Gasteiger partial charge is 0.390 e. The van der Waals surface area contributed by atoms with Crippen molar-refractivity contribution in [1.82, 2.24) is 0 Å². The van der Waals surface area contributed by atoms with Gasteiger partial charge in [-0.1, -0.05) is 0 Å². The van der Waals surface area contributed by atoms with E-state index in [0.717, 1.165) is 17.5 Å². The molecule has 2 heterocycles. The fourth-order valence-electron chi connectivity index (χ4n) is 2.53. The van der Waals surface area contributed by atoms with Crippen LogP contribution in [0.4, 0.5) is 5.69 Å². The minimum atomic E-state index is -0.487. The molecule has 1 aromatic rings. The first-order valence-electron chi connectivity index (χ1n) is 5.28. The second-order valence-electron chi connectivity index (χ2n) is 4.26. The Labute approximate surface area is 91.8 Å². The van der Waals surface area contributed by atoms with Crippen LogP contribution in [0.1, 0.15) is 36.2 Å². The van der Waals surface area contributed by atoms with Crippen molar-refractivity contribution in [2.45, 2.75) is 31.2 Å². The second kappa shape index (κ2) is 3.26. The molecule has 0 radical (unpaired) electrons. The lowest BCUT2D eigenvalue weighted by molar-refractivity contribution is -0.384. The Bertz CT molecular complexity index is 459. The van der Waals surface area contributed by atoms with Crippen LogP contribution in [0.3, 0.4) is 0 Å². The molecule has 5 nitrogen and oxygen atoms in total. The first-order valence-corrected chi connectivity index (χ1v) is 5.28. The summed E-state index contributed by atoms with van der Waals surface area (Å²) in [5.74, 6) is 0. The first-order chi connectivity index (χ1) is 7.66. The molecule has 1 aromatic carbocycles. The van der Waals surface area contributed by atoms with Gasteiger partial charge in [-0.15, -0.1) is 0 Å². The Hall–Kier alpha value is -1.46. The number of aliphatic hydroxyl groups is 1. The van der Waals surface area contributed by atoms with Crippen molar-refractivity contribution in [1.29, 1.82) is 0 Å². The van der Waals surface area contributed by atoms with Crippen molar-refractivity contribution in [2.75, 3.05) is 0 Å². The highest BCUT2D eigenvalue weighted by Gasteiger charge is 2.41. The van der Waals surface area contributed by atoms with E-state index in [4.69, 9.17) is 4.74 Å². The van der Waals surface area contributed by atoms with Gasteiger partial charge in [0.1, 0.15) is 6.10 Å². The SMILES string of the molecule is O=[N+]([O-])c1ccc2c(c1)[C@@H]1CC[C@H](O)[C@H]2O1. The van der Waals surface area contributed by atoms with Crippen molar-refractivity contribution < 1.29 is 14.8 Å². The zero-order chi connectivity index (χ0) is 11.3. The number of benzene rings is 1. The van der Waals surface area contributed by atoms with Crippen molar-refractivity contribution in [3.63, 3.8) is 0 Å². The molecule has 5 heteroatoms. The van der Waals surface area contributed by atoms with Gasteiger partial charge in [-0.3, -0.25) is 10.1 Å². The maximum Gasteiger partial charge on any atom is 0.269 e. The number of hydrogen-bond donors (Lipinski definition) is 1. The molecular formula is C11H11NO4. The van der Waals surface area contributed by atoms with E-state index in [1.54, 1.807) is 12.1 Å². The maximum absolute atomic E-state index is 10.7. The van der Waals surface area contributed by atoms with E-state index in [1.165, 1.54) is 6.07 Å². The van der Waals surface area contributed by atoms with Crippen LogP contribution >= 0.6 is 0 Å². The van der Waals surface area contributed by atoms with Gasteiger partial charge in [-0.2, -0.15) is 0 Å². The second-order valence-corrected chi connectivity index (χ2v) is 4.26. The van der Waals surface area contributed by atoms with Crippen LogP contribution in [0.25, 0.3) is 0 Å². The van der Waals surface area contributed by atoms with E-state index < -0.39 is 11.0 Å². The van der Waals surface area contributed by atoms with Gasteiger partial charge in [-0.05, 0) is 30.0 Å². The highest BCUT2D eigenvalue weighted by molar-refractivity contribution is 5.45. The smallest absolute Gasteiger partial charge is 0.269 e. The summed E-state index contributed by atoms with van der Waals surface area (Å²) in [4.78, 5) is 10.3. The molecule has 3 rings (SSSR count). The molecule has 2 bridgehead atoms. The molecule has 1 fully saturated rings. The third-order valence-corrected chi connectivity index (χ3v) is 3.32. The minimum Gasteiger partial charge on any atom is -0.390 e. The molecule has 1 saturated heterocycles. The Morgan fingerprint density at radius 2 is 2.19 bits per heavy atom. The molecule has 0 saturated carbocycles. The van der Waals surface area contributed by atoms with Crippen molar-refractivity contribution >= 4 is 5.69 Å². The number of hydrogen-bond acceptors (Lipinski definition) is 4. The summed E-state index contributed by atoms with van der Waals surface area (Å²) >= 11 is 0. The molecule has 0 unspecified atom stereocenters. The van der Waals surface area contributed by atoms with Gasteiger partial charge in [0.25, 0.3) is 5.69 Å². The molecule has 0 aromatic heterocycles. The van der Waals surface area contributed by atoms with Crippen LogP contribution in [0.5, 0.6) is 0 Å². The first kappa shape index (κ1) is 9.74. The van der Waals surface area contributed by atoms with Gasteiger partial charge in [0, 0.05) is 12.1 Å². The molecule has 0 spiro atoms. The van der Waals surface area contributed by atoms with E-state index in [9.17, 15) is 15.2 Å². The lowest BCUT2D eigenvalue weighted by Gasteiger charge is -2.25. The van der Waals surface area contributed by atoms with Gasteiger partial charge in [-0.25, -0.2) is 0 Å². The summed E-state index contributed by atoms with van der Waals surface area (Å²) < 4.78 is 5.64. The summed E-state index contributed by atoms with van der Waals surface area (Å²) in [5, 5.41) is 20.4. The Morgan fingerprint density at radius 3 is 2.94 bits per heavy atom. The highest BCUT2D eigenvalue weighted by atomic mass is 16.6. The Kier molecular flexibility index (Phi) is 1.99.